The fourth-order valence-corrected chi connectivity index (χ4v) is 1.80. The van der Waals surface area contributed by atoms with Crippen molar-refractivity contribution in [3.63, 3.8) is 0 Å². The van der Waals surface area contributed by atoms with E-state index in [1.807, 2.05) is 0 Å². The van der Waals surface area contributed by atoms with Crippen molar-refractivity contribution in [2.45, 2.75) is 25.6 Å². The molecule has 5 heteroatoms. The van der Waals surface area contributed by atoms with E-state index < -0.39 is 6.36 Å². The summed E-state index contributed by atoms with van der Waals surface area (Å²) >= 11 is 0. The molecular formula is C11H9F3O2. The van der Waals surface area contributed by atoms with Gasteiger partial charge in [0.15, 0.2) is 5.78 Å². The molecule has 86 valence electrons. The summed E-state index contributed by atoms with van der Waals surface area (Å²) in [6.07, 6.45) is -2.84. The summed E-state index contributed by atoms with van der Waals surface area (Å²) < 4.78 is 39.7. The van der Waals surface area contributed by atoms with Crippen LogP contribution >= 0.6 is 0 Å². The number of aryl methyl sites for hydroxylation is 1. The molecule has 0 fully saturated rings. The molecule has 1 aliphatic carbocycles. The van der Waals surface area contributed by atoms with Crippen molar-refractivity contribution < 1.29 is 22.7 Å². The Hall–Kier alpha value is -1.52. The lowest BCUT2D eigenvalue weighted by molar-refractivity contribution is -0.274. The molecule has 1 aromatic rings. The molecule has 2 nitrogen and oxygen atoms in total. The Morgan fingerprint density at radius 3 is 2.62 bits per heavy atom. The van der Waals surface area contributed by atoms with Gasteiger partial charge in [-0.3, -0.25) is 4.79 Å². The van der Waals surface area contributed by atoms with E-state index >= 15 is 0 Å². The molecule has 0 aromatic heterocycles. The number of ketones is 1. The van der Waals surface area contributed by atoms with Crippen LogP contribution in [0.15, 0.2) is 18.2 Å². The van der Waals surface area contributed by atoms with Crippen molar-refractivity contribution in [1.29, 1.82) is 0 Å². The van der Waals surface area contributed by atoms with Gasteiger partial charge in [0.2, 0.25) is 0 Å². The first kappa shape index (κ1) is 11.0. The summed E-state index contributed by atoms with van der Waals surface area (Å²) in [5.41, 5.74) is 1.15. The molecule has 0 bridgehead atoms. The number of fused-ring (bicyclic) bond motifs is 1. The molecule has 0 spiro atoms. The number of carbonyl (C=O) groups is 1. The van der Waals surface area contributed by atoms with E-state index in [1.54, 1.807) is 0 Å². The number of rotatable bonds is 1. The van der Waals surface area contributed by atoms with Gasteiger partial charge >= 0.3 is 6.36 Å². The predicted octanol–water partition coefficient (Wildman–Crippen LogP) is 3.10. The van der Waals surface area contributed by atoms with E-state index in [9.17, 15) is 18.0 Å². The maximum absolute atomic E-state index is 12.0. The Balaban J connectivity index is 2.31. The predicted molar refractivity (Wildman–Crippen MR) is 50.4 cm³/mol. The minimum absolute atomic E-state index is 0.117. The highest BCUT2D eigenvalue weighted by atomic mass is 19.4. The standard InChI is InChI=1S/C11H9F3O2/c12-11(13,14)16-8-5-4-7-2-1-3-10(15)9(7)6-8/h4-6H,1-3H2. The van der Waals surface area contributed by atoms with Crippen LogP contribution in [0.3, 0.4) is 0 Å². The maximum atomic E-state index is 12.0. The third kappa shape index (κ3) is 2.35. The lowest BCUT2D eigenvalue weighted by Gasteiger charge is -2.16. The summed E-state index contributed by atoms with van der Waals surface area (Å²) in [4.78, 5) is 11.5. The first-order valence-corrected chi connectivity index (χ1v) is 4.87. The van der Waals surface area contributed by atoms with Gasteiger partial charge in [-0.1, -0.05) is 6.07 Å². The number of halogens is 3. The zero-order chi connectivity index (χ0) is 11.8. The number of hydrogen-bond donors (Lipinski definition) is 0. The van der Waals surface area contributed by atoms with E-state index in [1.165, 1.54) is 18.2 Å². The van der Waals surface area contributed by atoms with Gasteiger partial charge in [0, 0.05) is 12.0 Å². The van der Waals surface area contributed by atoms with Gasteiger partial charge < -0.3 is 4.74 Å². The average Bonchev–Trinajstić information content (AvgIpc) is 2.17. The normalized spacial score (nSPS) is 15.8. The maximum Gasteiger partial charge on any atom is 0.573 e. The fraction of sp³-hybridized carbons (Fsp3) is 0.364. The first-order valence-electron chi connectivity index (χ1n) is 4.87. The summed E-state index contributed by atoms with van der Waals surface area (Å²) in [5, 5.41) is 0. The molecular weight excluding hydrogens is 221 g/mol. The molecule has 16 heavy (non-hydrogen) atoms. The molecule has 0 saturated heterocycles. The van der Waals surface area contributed by atoms with Crippen molar-refractivity contribution in [1.82, 2.24) is 0 Å². The van der Waals surface area contributed by atoms with Gasteiger partial charge in [-0.05, 0) is 30.5 Å². The molecule has 0 saturated carbocycles. The van der Waals surface area contributed by atoms with Gasteiger partial charge in [0.05, 0.1) is 0 Å². The number of Topliss-reactive ketones (excluding diaryl/α,β-unsaturated/α-hetero) is 1. The highest BCUT2D eigenvalue weighted by molar-refractivity contribution is 5.98. The van der Waals surface area contributed by atoms with Crippen LogP contribution in [0.1, 0.15) is 28.8 Å². The van der Waals surface area contributed by atoms with Crippen molar-refractivity contribution in [2.75, 3.05) is 0 Å². The number of benzene rings is 1. The topological polar surface area (TPSA) is 26.3 Å². The molecule has 0 heterocycles. The second kappa shape index (κ2) is 3.81. The molecule has 1 aromatic carbocycles. The van der Waals surface area contributed by atoms with Crippen LogP contribution in [0, 0.1) is 0 Å². The fourth-order valence-electron chi connectivity index (χ4n) is 1.80. The third-order valence-electron chi connectivity index (χ3n) is 2.47. The number of ether oxygens (including phenoxy) is 1. The Morgan fingerprint density at radius 1 is 1.19 bits per heavy atom. The Kier molecular flexibility index (Phi) is 2.61. The van der Waals surface area contributed by atoms with Crippen LogP contribution in [0.4, 0.5) is 13.2 Å². The molecule has 0 atom stereocenters. The number of carbonyl (C=O) groups excluding carboxylic acids is 1. The summed E-state index contributed by atoms with van der Waals surface area (Å²) in [5.74, 6) is -0.449. The van der Waals surface area contributed by atoms with Crippen molar-refractivity contribution >= 4 is 5.78 Å². The minimum atomic E-state index is -4.72. The van der Waals surface area contributed by atoms with Crippen molar-refractivity contribution in [3.8, 4) is 5.75 Å². The third-order valence-corrected chi connectivity index (χ3v) is 2.47. The largest absolute Gasteiger partial charge is 0.573 e. The smallest absolute Gasteiger partial charge is 0.406 e. The van der Waals surface area contributed by atoms with Crippen molar-refractivity contribution in [2.24, 2.45) is 0 Å². The lowest BCUT2D eigenvalue weighted by Crippen LogP contribution is -2.18. The van der Waals surface area contributed by atoms with Gasteiger partial charge in [0.25, 0.3) is 0 Å². The molecule has 2 rings (SSSR count). The van der Waals surface area contributed by atoms with Crippen LogP contribution in [0.25, 0.3) is 0 Å². The van der Waals surface area contributed by atoms with Crippen LogP contribution in [0.2, 0.25) is 0 Å². The number of alkyl halides is 3. The van der Waals surface area contributed by atoms with E-state index in [-0.39, 0.29) is 11.5 Å². The number of hydrogen-bond acceptors (Lipinski definition) is 2. The molecule has 0 amide bonds. The van der Waals surface area contributed by atoms with Crippen LogP contribution in [0.5, 0.6) is 5.75 Å². The second-order valence-corrected chi connectivity index (χ2v) is 3.64. The van der Waals surface area contributed by atoms with E-state index in [0.717, 1.165) is 18.4 Å². The Bertz CT molecular complexity index is 424. The van der Waals surface area contributed by atoms with Gasteiger partial charge in [-0.25, -0.2) is 0 Å². The molecule has 1 aliphatic rings. The summed E-state index contributed by atoms with van der Waals surface area (Å²) in [6.45, 7) is 0. The zero-order valence-electron chi connectivity index (χ0n) is 8.30. The van der Waals surface area contributed by atoms with Crippen LogP contribution in [-0.2, 0) is 6.42 Å². The van der Waals surface area contributed by atoms with Gasteiger partial charge in [0.1, 0.15) is 5.75 Å². The molecule has 0 radical (unpaired) electrons. The summed E-state index contributed by atoms with van der Waals surface area (Å²) in [6, 6.07) is 3.93. The Labute approximate surface area is 90.0 Å². The van der Waals surface area contributed by atoms with Crippen LogP contribution in [-0.4, -0.2) is 12.1 Å². The summed E-state index contributed by atoms with van der Waals surface area (Å²) in [7, 11) is 0. The van der Waals surface area contributed by atoms with Gasteiger partial charge in [-0.15, -0.1) is 13.2 Å². The molecule has 0 unspecified atom stereocenters. The second-order valence-electron chi connectivity index (χ2n) is 3.64. The van der Waals surface area contributed by atoms with E-state index in [2.05, 4.69) is 4.74 Å². The molecule has 0 N–H and O–H groups in total. The van der Waals surface area contributed by atoms with E-state index in [0.29, 0.717) is 12.0 Å². The quantitative estimate of drug-likeness (QED) is 0.740. The van der Waals surface area contributed by atoms with Crippen molar-refractivity contribution in [3.05, 3.63) is 29.3 Å². The molecule has 0 aliphatic heterocycles. The highest BCUT2D eigenvalue weighted by Crippen LogP contribution is 2.28. The van der Waals surface area contributed by atoms with Crippen LogP contribution < -0.4 is 4.74 Å². The average molecular weight is 230 g/mol. The minimum Gasteiger partial charge on any atom is -0.406 e. The Morgan fingerprint density at radius 2 is 1.94 bits per heavy atom. The zero-order valence-corrected chi connectivity index (χ0v) is 8.30. The monoisotopic (exact) mass is 230 g/mol. The van der Waals surface area contributed by atoms with Gasteiger partial charge in [-0.2, -0.15) is 0 Å². The van der Waals surface area contributed by atoms with E-state index in [4.69, 9.17) is 0 Å². The lowest BCUT2D eigenvalue weighted by atomic mass is 9.91. The first-order chi connectivity index (χ1) is 7.46. The SMILES string of the molecule is O=C1CCCc2ccc(OC(F)(F)F)cc21. The highest BCUT2D eigenvalue weighted by Gasteiger charge is 2.31.